The van der Waals surface area contributed by atoms with E-state index in [4.69, 9.17) is 5.73 Å². The topological polar surface area (TPSA) is 66.6 Å². The van der Waals surface area contributed by atoms with Crippen LogP contribution < -0.4 is 5.73 Å². The molecule has 1 aromatic heterocycles. The van der Waals surface area contributed by atoms with Gasteiger partial charge in [-0.3, -0.25) is 4.79 Å². The first-order valence-electron chi connectivity index (χ1n) is 5.32. The molecule has 0 radical (unpaired) electrons. The SMILES string of the molecule is CN1CCC(C(=O)O)(c2ccsc2N)CC1. The van der Waals surface area contributed by atoms with Gasteiger partial charge in [0.25, 0.3) is 0 Å². The van der Waals surface area contributed by atoms with E-state index in [1.54, 1.807) is 0 Å². The van der Waals surface area contributed by atoms with E-state index in [9.17, 15) is 9.90 Å². The number of anilines is 1. The molecule has 0 amide bonds. The summed E-state index contributed by atoms with van der Waals surface area (Å²) < 4.78 is 0. The van der Waals surface area contributed by atoms with Gasteiger partial charge < -0.3 is 15.7 Å². The van der Waals surface area contributed by atoms with Gasteiger partial charge in [0.1, 0.15) is 0 Å². The Kier molecular flexibility index (Phi) is 2.90. The van der Waals surface area contributed by atoms with Crippen LogP contribution in [-0.2, 0) is 10.2 Å². The van der Waals surface area contributed by atoms with Crippen molar-refractivity contribution in [1.82, 2.24) is 4.90 Å². The first-order valence-corrected chi connectivity index (χ1v) is 6.19. The Balaban J connectivity index is 2.37. The van der Waals surface area contributed by atoms with Crippen LogP contribution in [0.4, 0.5) is 5.00 Å². The van der Waals surface area contributed by atoms with Gasteiger partial charge in [0.15, 0.2) is 0 Å². The van der Waals surface area contributed by atoms with Crippen molar-refractivity contribution in [2.24, 2.45) is 0 Å². The molecule has 0 atom stereocenters. The third-order valence-electron chi connectivity index (χ3n) is 3.46. The van der Waals surface area contributed by atoms with Crippen molar-refractivity contribution < 1.29 is 9.90 Å². The second-order valence-corrected chi connectivity index (χ2v) is 5.34. The van der Waals surface area contributed by atoms with Crippen molar-refractivity contribution in [2.75, 3.05) is 25.9 Å². The van der Waals surface area contributed by atoms with Crippen LogP contribution in [0.5, 0.6) is 0 Å². The number of hydrogen-bond acceptors (Lipinski definition) is 4. The number of likely N-dealkylation sites (tertiary alicyclic amines) is 1. The monoisotopic (exact) mass is 240 g/mol. The van der Waals surface area contributed by atoms with Crippen molar-refractivity contribution in [2.45, 2.75) is 18.3 Å². The Bertz CT molecular complexity index is 394. The normalized spacial score (nSPS) is 20.8. The highest BCUT2D eigenvalue weighted by Gasteiger charge is 2.44. The summed E-state index contributed by atoms with van der Waals surface area (Å²) in [7, 11) is 2.02. The first-order chi connectivity index (χ1) is 7.56. The maximum Gasteiger partial charge on any atom is 0.314 e. The molecule has 0 aromatic carbocycles. The largest absolute Gasteiger partial charge is 0.481 e. The minimum absolute atomic E-state index is 0.639. The fraction of sp³-hybridized carbons (Fsp3) is 0.545. The zero-order valence-electron chi connectivity index (χ0n) is 9.27. The predicted octanol–water partition coefficient (Wildman–Crippen LogP) is 1.38. The van der Waals surface area contributed by atoms with E-state index in [0.717, 1.165) is 18.7 Å². The lowest BCUT2D eigenvalue weighted by Crippen LogP contribution is -2.46. The standard InChI is InChI=1S/C11H16N2O2S/c1-13-5-3-11(4-6-13,10(14)15)8-2-7-16-9(8)12/h2,7H,3-6,12H2,1H3,(H,14,15). The molecule has 3 N–H and O–H groups in total. The lowest BCUT2D eigenvalue weighted by atomic mass is 9.73. The van der Waals surface area contributed by atoms with Crippen LogP contribution in [0.15, 0.2) is 11.4 Å². The van der Waals surface area contributed by atoms with Crippen LogP contribution in [0.1, 0.15) is 18.4 Å². The fourth-order valence-electron chi connectivity index (χ4n) is 2.31. The van der Waals surface area contributed by atoms with Crippen molar-refractivity contribution in [3.8, 4) is 0 Å². The molecule has 1 aliphatic heterocycles. The number of carboxylic acids is 1. The van der Waals surface area contributed by atoms with Gasteiger partial charge in [0, 0.05) is 5.56 Å². The van der Waals surface area contributed by atoms with Gasteiger partial charge in [-0.15, -0.1) is 11.3 Å². The number of nitrogens with two attached hydrogens (primary N) is 1. The number of hydrogen-bond donors (Lipinski definition) is 2. The average molecular weight is 240 g/mol. The lowest BCUT2D eigenvalue weighted by Gasteiger charge is -2.37. The summed E-state index contributed by atoms with van der Waals surface area (Å²) >= 11 is 1.42. The van der Waals surface area contributed by atoms with Crippen LogP contribution in [0.2, 0.25) is 0 Å². The van der Waals surface area contributed by atoms with Gasteiger partial charge in [-0.1, -0.05) is 0 Å². The number of nitrogen functional groups attached to an aromatic ring is 1. The van der Waals surface area contributed by atoms with E-state index in [-0.39, 0.29) is 0 Å². The molecule has 0 spiro atoms. The van der Waals surface area contributed by atoms with E-state index >= 15 is 0 Å². The molecule has 16 heavy (non-hydrogen) atoms. The van der Waals surface area contributed by atoms with Crippen LogP contribution in [0.25, 0.3) is 0 Å². The van der Waals surface area contributed by atoms with E-state index in [1.165, 1.54) is 11.3 Å². The molecular formula is C11H16N2O2S. The second-order valence-electron chi connectivity index (χ2n) is 4.39. The molecule has 4 nitrogen and oxygen atoms in total. The highest BCUT2D eigenvalue weighted by atomic mass is 32.1. The Labute approximate surface area is 98.7 Å². The fourth-order valence-corrected chi connectivity index (χ4v) is 3.06. The summed E-state index contributed by atoms with van der Waals surface area (Å²) in [5.74, 6) is -0.745. The summed E-state index contributed by atoms with van der Waals surface area (Å²) in [4.78, 5) is 13.7. The minimum atomic E-state index is -0.767. The highest BCUT2D eigenvalue weighted by molar-refractivity contribution is 7.14. The molecule has 1 fully saturated rings. The molecule has 1 aromatic rings. The molecule has 0 unspecified atom stereocenters. The van der Waals surface area contributed by atoms with E-state index in [2.05, 4.69) is 4.90 Å². The molecule has 88 valence electrons. The molecule has 1 saturated heterocycles. The number of aliphatic carboxylic acids is 1. The summed E-state index contributed by atoms with van der Waals surface area (Å²) in [6, 6.07) is 1.86. The summed E-state index contributed by atoms with van der Waals surface area (Å²) in [6.45, 7) is 1.61. The quantitative estimate of drug-likeness (QED) is 0.819. The third-order valence-corrected chi connectivity index (χ3v) is 4.21. The van der Waals surface area contributed by atoms with Gasteiger partial charge in [-0.25, -0.2) is 0 Å². The maximum absolute atomic E-state index is 11.6. The second kappa shape index (κ2) is 4.07. The summed E-state index contributed by atoms with van der Waals surface area (Å²) in [5.41, 5.74) is 5.91. The Morgan fingerprint density at radius 1 is 1.56 bits per heavy atom. The summed E-state index contributed by atoms with van der Waals surface area (Å²) in [6.07, 6.45) is 1.28. The van der Waals surface area contributed by atoms with Gasteiger partial charge in [0.2, 0.25) is 0 Å². The predicted molar refractivity (Wildman–Crippen MR) is 64.8 cm³/mol. The highest BCUT2D eigenvalue weighted by Crippen LogP contribution is 2.40. The third kappa shape index (κ3) is 1.70. The molecule has 0 saturated carbocycles. The molecule has 0 bridgehead atoms. The molecule has 1 aliphatic rings. The number of rotatable bonds is 2. The number of carboxylic acid groups (broad SMARTS) is 1. The number of thiophene rings is 1. The van der Waals surface area contributed by atoms with Crippen molar-refractivity contribution >= 4 is 22.3 Å². The van der Waals surface area contributed by atoms with E-state index in [0.29, 0.717) is 17.8 Å². The molecular weight excluding hydrogens is 224 g/mol. The van der Waals surface area contributed by atoms with Crippen molar-refractivity contribution in [3.63, 3.8) is 0 Å². The van der Waals surface area contributed by atoms with Crippen LogP contribution in [0.3, 0.4) is 0 Å². The lowest BCUT2D eigenvalue weighted by molar-refractivity contribution is -0.145. The Morgan fingerprint density at radius 3 is 2.62 bits per heavy atom. The van der Waals surface area contributed by atoms with E-state index in [1.807, 2.05) is 18.5 Å². The van der Waals surface area contributed by atoms with E-state index < -0.39 is 11.4 Å². The number of carbonyl (C=O) groups is 1. The van der Waals surface area contributed by atoms with Gasteiger partial charge in [-0.2, -0.15) is 0 Å². The Morgan fingerprint density at radius 2 is 2.19 bits per heavy atom. The van der Waals surface area contributed by atoms with Crippen molar-refractivity contribution in [1.29, 1.82) is 0 Å². The minimum Gasteiger partial charge on any atom is -0.481 e. The average Bonchev–Trinajstić information content (AvgIpc) is 2.66. The van der Waals surface area contributed by atoms with Crippen molar-refractivity contribution in [3.05, 3.63) is 17.0 Å². The molecule has 2 heterocycles. The van der Waals surface area contributed by atoms with Crippen LogP contribution in [0, 0.1) is 0 Å². The number of piperidine rings is 1. The smallest absolute Gasteiger partial charge is 0.314 e. The van der Waals surface area contributed by atoms with Crippen LogP contribution >= 0.6 is 11.3 Å². The summed E-state index contributed by atoms with van der Waals surface area (Å²) in [5, 5.41) is 12.0. The molecule has 0 aliphatic carbocycles. The van der Waals surface area contributed by atoms with Gasteiger partial charge in [-0.05, 0) is 44.4 Å². The zero-order chi connectivity index (χ0) is 11.8. The van der Waals surface area contributed by atoms with Gasteiger partial charge >= 0.3 is 5.97 Å². The first kappa shape index (κ1) is 11.4. The molecule has 2 rings (SSSR count). The zero-order valence-corrected chi connectivity index (χ0v) is 10.1. The maximum atomic E-state index is 11.6. The van der Waals surface area contributed by atoms with Crippen LogP contribution in [-0.4, -0.2) is 36.1 Å². The van der Waals surface area contributed by atoms with Gasteiger partial charge in [0.05, 0.1) is 10.4 Å². The Hall–Kier alpha value is -1.07. The molecule has 5 heteroatoms. The number of nitrogens with zero attached hydrogens (tertiary/aromatic N) is 1.